The molecule has 0 atom stereocenters. The van der Waals surface area contributed by atoms with Crippen LogP contribution in [0.5, 0.6) is 5.75 Å². The fourth-order valence-electron chi connectivity index (χ4n) is 2.40. The molecule has 3 rings (SSSR count). The minimum Gasteiger partial charge on any atom is -0.505 e. The molecule has 0 radical (unpaired) electrons. The summed E-state index contributed by atoms with van der Waals surface area (Å²) in [6.07, 6.45) is -4.53. The molecule has 0 fully saturated rings. The number of nitrogens with one attached hydrogen (secondary N) is 2. The Morgan fingerprint density at radius 3 is 2.46 bits per heavy atom. The van der Waals surface area contributed by atoms with Crippen LogP contribution in [-0.2, 0) is 12.7 Å². The maximum atomic E-state index is 13.0. The number of hydrogen-bond acceptors (Lipinski definition) is 4. The van der Waals surface area contributed by atoms with Crippen LogP contribution in [0.1, 0.15) is 21.7 Å². The summed E-state index contributed by atoms with van der Waals surface area (Å²) in [6.45, 7) is -0.346. The first kappa shape index (κ1) is 20.0. The van der Waals surface area contributed by atoms with E-state index in [4.69, 9.17) is 23.2 Å². The second kappa shape index (κ2) is 7.69. The van der Waals surface area contributed by atoms with E-state index >= 15 is 0 Å². The average molecular weight is 431 g/mol. The highest BCUT2D eigenvalue weighted by Gasteiger charge is 2.32. The van der Waals surface area contributed by atoms with Gasteiger partial charge in [-0.05, 0) is 23.8 Å². The Hall–Kier alpha value is -2.78. The number of aromatic nitrogens is 3. The number of aromatic amines is 1. The molecule has 3 aromatic rings. The maximum absolute atomic E-state index is 13.0. The molecule has 6 nitrogen and oxygen atoms in total. The van der Waals surface area contributed by atoms with E-state index in [9.17, 15) is 23.1 Å². The number of amides is 1. The number of carbonyl (C=O) groups excluding carboxylic acids is 1. The number of alkyl halides is 3. The highest BCUT2D eigenvalue weighted by Crippen LogP contribution is 2.35. The Morgan fingerprint density at radius 1 is 1.18 bits per heavy atom. The molecule has 0 saturated heterocycles. The zero-order valence-corrected chi connectivity index (χ0v) is 15.3. The number of hydrogen-bond donors (Lipinski definition) is 3. The van der Waals surface area contributed by atoms with Gasteiger partial charge in [0.25, 0.3) is 5.91 Å². The minimum atomic E-state index is -4.53. The van der Waals surface area contributed by atoms with E-state index in [1.54, 1.807) is 0 Å². The van der Waals surface area contributed by atoms with Gasteiger partial charge < -0.3 is 10.4 Å². The Balaban J connectivity index is 1.76. The van der Waals surface area contributed by atoms with Gasteiger partial charge in [0, 0.05) is 12.1 Å². The van der Waals surface area contributed by atoms with Crippen LogP contribution in [-0.4, -0.2) is 26.2 Å². The smallest absolute Gasteiger partial charge is 0.416 e. The van der Waals surface area contributed by atoms with Crippen molar-refractivity contribution in [3.63, 3.8) is 0 Å². The van der Waals surface area contributed by atoms with Crippen molar-refractivity contribution in [3.8, 4) is 17.1 Å². The number of halogens is 5. The van der Waals surface area contributed by atoms with Crippen molar-refractivity contribution in [2.75, 3.05) is 0 Å². The predicted octanol–water partition coefficient (Wildman–Crippen LogP) is 4.43. The third-order valence-electron chi connectivity index (χ3n) is 3.74. The monoisotopic (exact) mass is 430 g/mol. The lowest BCUT2D eigenvalue weighted by atomic mass is 10.1. The van der Waals surface area contributed by atoms with Gasteiger partial charge in [0.1, 0.15) is 0 Å². The molecule has 1 amide bonds. The third-order valence-corrected chi connectivity index (χ3v) is 4.31. The van der Waals surface area contributed by atoms with E-state index in [0.717, 1.165) is 6.07 Å². The molecule has 1 aromatic heterocycles. The van der Waals surface area contributed by atoms with Crippen molar-refractivity contribution >= 4 is 29.1 Å². The summed E-state index contributed by atoms with van der Waals surface area (Å²) in [5.74, 6) is -1.18. The molecule has 11 heteroatoms. The van der Waals surface area contributed by atoms with Gasteiger partial charge >= 0.3 is 6.18 Å². The van der Waals surface area contributed by atoms with Crippen LogP contribution in [0.2, 0.25) is 10.0 Å². The SMILES string of the molecule is O=C(NCc1ccccc1C(F)(F)F)c1nc(-c2cc(Cl)c(O)c(Cl)c2)n[nH]1. The van der Waals surface area contributed by atoms with Gasteiger partial charge in [0.05, 0.1) is 15.6 Å². The molecule has 0 aliphatic heterocycles. The lowest BCUT2D eigenvalue weighted by molar-refractivity contribution is -0.138. The summed E-state index contributed by atoms with van der Waals surface area (Å²) < 4.78 is 39.0. The van der Waals surface area contributed by atoms with Crippen molar-refractivity contribution in [3.05, 3.63) is 63.4 Å². The minimum absolute atomic E-state index is 0.0259. The number of aromatic hydroxyl groups is 1. The highest BCUT2D eigenvalue weighted by atomic mass is 35.5. The second-order valence-electron chi connectivity index (χ2n) is 5.63. The van der Waals surface area contributed by atoms with E-state index in [1.165, 1.54) is 30.3 Å². The predicted molar refractivity (Wildman–Crippen MR) is 96.1 cm³/mol. The number of H-pyrrole nitrogens is 1. The Labute approximate surface area is 166 Å². The van der Waals surface area contributed by atoms with Crippen molar-refractivity contribution in [1.29, 1.82) is 0 Å². The summed E-state index contributed by atoms with van der Waals surface area (Å²) in [7, 11) is 0. The molecule has 2 aromatic carbocycles. The molecular weight excluding hydrogens is 420 g/mol. The van der Waals surface area contributed by atoms with Crippen LogP contribution in [0.3, 0.4) is 0 Å². The van der Waals surface area contributed by atoms with Gasteiger partial charge in [-0.1, -0.05) is 41.4 Å². The number of rotatable bonds is 4. The Kier molecular flexibility index (Phi) is 5.48. The van der Waals surface area contributed by atoms with E-state index in [1.807, 2.05) is 0 Å². The topological polar surface area (TPSA) is 90.9 Å². The molecule has 0 unspecified atom stereocenters. The summed E-state index contributed by atoms with van der Waals surface area (Å²) in [4.78, 5) is 16.2. The summed E-state index contributed by atoms with van der Waals surface area (Å²) in [5.41, 5.74) is -0.576. The van der Waals surface area contributed by atoms with Gasteiger partial charge in [-0.15, -0.1) is 0 Å². The summed E-state index contributed by atoms with van der Waals surface area (Å²) in [6, 6.07) is 7.63. The number of phenols is 1. The zero-order valence-electron chi connectivity index (χ0n) is 13.8. The molecule has 0 spiro atoms. The van der Waals surface area contributed by atoms with Crippen LogP contribution < -0.4 is 5.32 Å². The fraction of sp³-hybridized carbons (Fsp3) is 0.118. The zero-order chi connectivity index (χ0) is 20.5. The molecule has 28 heavy (non-hydrogen) atoms. The van der Waals surface area contributed by atoms with E-state index in [2.05, 4.69) is 20.5 Å². The molecule has 0 bridgehead atoms. The molecule has 0 aliphatic carbocycles. The van der Waals surface area contributed by atoms with Crippen molar-refractivity contribution in [2.45, 2.75) is 12.7 Å². The first-order valence-electron chi connectivity index (χ1n) is 7.71. The lowest BCUT2D eigenvalue weighted by Gasteiger charge is -2.12. The van der Waals surface area contributed by atoms with Crippen LogP contribution in [0.25, 0.3) is 11.4 Å². The van der Waals surface area contributed by atoms with Crippen molar-refractivity contribution < 1.29 is 23.1 Å². The fourth-order valence-corrected chi connectivity index (χ4v) is 2.88. The molecule has 0 aliphatic rings. The number of carbonyl (C=O) groups is 1. The molecule has 146 valence electrons. The molecule has 3 N–H and O–H groups in total. The first-order valence-corrected chi connectivity index (χ1v) is 8.46. The first-order chi connectivity index (χ1) is 13.2. The summed E-state index contributed by atoms with van der Waals surface area (Å²) in [5, 5.41) is 18.1. The van der Waals surface area contributed by atoms with Gasteiger partial charge in [-0.25, -0.2) is 4.98 Å². The number of nitrogens with zero attached hydrogens (tertiary/aromatic N) is 2. The van der Waals surface area contributed by atoms with Crippen molar-refractivity contribution in [1.82, 2.24) is 20.5 Å². The second-order valence-corrected chi connectivity index (χ2v) is 6.45. The van der Waals surface area contributed by atoms with E-state index in [0.29, 0.717) is 5.56 Å². The van der Waals surface area contributed by atoms with E-state index in [-0.39, 0.29) is 39.6 Å². The lowest BCUT2D eigenvalue weighted by Crippen LogP contribution is -2.25. The highest BCUT2D eigenvalue weighted by molar-refractivity contribution is 6.37. The Bertz CT molecular complexity index is 1010. The largest absolute Gasteiger partial charge is 0.505 e. The molecule has 1 heterocycles. The van der Waals surface area contributed by atoms with Gasteiger partial charge in [0.15, 0.2) is 11.6 Å². The van der Waals surface area contributed by atoms with Gasteiger partial charge in [0.2, 0.25) is 5.82 Å². The molecular formula is C17H11Cl2F3N4O2. The van der Waals surface area contributed by atoms with Crippen LogP contribution in [0.15, 0.2) is 36.4 Å². The van der Waals surface area contributed by atoms with Gasteiger partial charge in [-0.3, -0.25) is 9.89 Å². The average Bonchev–Trinajstić information content (AvgIpc) is 3.13. The third kappa shape index (κ3) is 4.20. The maximum Gasteiger partial charge on any atom is 0.416 e. The quantitative estimate of drug-likeness (QED) is 0.570. The van der Waals surface area contributed by atoms with Crippen LogP contribution in [0, 0.1) is 0 Å². The normalized spacial score (nSPS) is 11.5. The standard InChI is InChI=1S/C17H11Cl2F3N4O2/c18-11-5-9(6-12(19)13(11)27)14-24-15(26-25-14)16(28)23-7-8-3-1-2-4-10(8)17(20,21)22/h1-6,27H,7H2,(H,23,28)(H,24,25,26). The van der Waals surface area contributed by atoms with Crippen LogP contribution in [0.4, 0.5) is 13.2 Å². The number of phenolic OH excluding ortho intramolecular Hbond substituents is 1. The molecule has 0 saturated carbocycles. The van der Waals surface area contributed by atoms with Crippen LogP contribution >= 0.6 is 23.2 Å². The Morgan fingerprint density at radius 2 is 1.82 bits per heavy atom. The summed E-state index contributed by atoms with van der Waals surface area (Å²) >= 11 is 11.7. The number of benzene rings is 2. The van der Waals surface area contributed by atoms with Gasteiger partial charge in [-0.2, -0.15) is 18.3 Å². The van der Waals surface area contributed by atoms with Crippen molar-refractivity contribution in [2.24, 2.45) is 0 Å². The van der Waals surface area contributed by atoms with E-state index < -0.39 is 17.6 Å².